The summed E-state index contributed by atoms with van der Waals surface area (Å²) in [5.41, 5.74) is 0.0551. The zero-order valence-electron chi connectivity index (χ0n) is 12.0. The van der Waals surface area contributed by atoms with Crippen molar-refractivity contribution in [2.75, 3.05) is 13.7 Å². The second-order valence-corrected chi connectivity index (χ2v) is 6.44. The molecule has 0 saturated heterocycles. The van der Waals surface area contributed by atoms with E-state index in [-0.39, 0.29) is 23.0 Å². The molecule has 16 heavy (non-hydrogen) atoms. The maximum absolute atomic E-state index is 11.8. The van der Waals surface area contributed by atoms with Crippen LogP contribution < -0.4 is 0 Å². The Morgan fingerprint density at radius 1 is 1.12 bits per heavy atom. The summed E-state index contributed by atoms with van der Waals surface area (Å²) in [6.07, 6.45) is -0.239. The third-order valence-corrected chi connectivity index (χ3v) is 2.58. The minimum Gasteiger partial charge on any atom is -0.450 e. The summed E-state index contributed by atoms with van der Waals surface area (Å²) < 4.78 is 5.06. The van der Waals surface area contributed by atoms with E-state index in [2.05, 4.69) is 41.5 Å². The molecule has 0 bridgehead atoms. The van der Waals surface area contributed by atoms with E-state index in [0.717, 1.165) is 0 Å². The van der Waals surface area contributed by atoms with Gasteiger partial charge in [0, 0.05) is 13.1 Å². The summed E-state index contributed by atoms with van der Waals surface area (Å²) in [7, 11) is 1.82. The van der Waals surface area contributed by atoms with Gasteiger partial charge in [0.2, 0.25) is 0 Å². The second-order valence-electron chi connectivity index (χ2n) is 6.44. The van der Waals surface area contributed by atoms with Crippen molar-refractivity contribution in [1.82, 2.24) is 4.90 Å². The summed E-state index contributed by atoms with van der Waals surface area (Å²) in [5, 5.41) is 0. The number of rotatable bonds is 2. The van der Waals surface area contributed by atoms with Gasteiger partial charge in [-0.1, -0.05) is 41.5 Å². The molecule has 0 aromatic carbocycles. The van der Waals surface area contributed by atoms with E-state index in [9.17, 15) is 4.79 Å². The molecule has 0 saturated carbocycles. The first kappa shape index (κ1) is 15.3. The predicted octanol–water partition coefficient (Wildman–Crippen LogP) is 3.54. The molecule has 0 rings (SSSR count). The summed E-state index contributed by atoms with van der Waals surface area (Å²) in [4.78, 5) is 13.5. The Morgan fingerprint density at radius 2 is 1.50 bits per heavy atom. The molecule has 0 radical (unpaired) electrons. The van der Waals surface area contributed by atoms with Gasteiger partial charge in [-0.25, -0.2) is 4.79 Å². The zero-order chi connectivity index (χ0) is 13.1. The lowest BCUT2D eigenvalue weighted by molar-refractivity contribution is 0.0239. The molecule has 0 aromatic rings. The molecule has 3 heteroatoms. The quantitative estimate of drug-likeness (QED) is 0.725. The predicted molar refractivity (Wildman–Crippen MR) is 67.5 cm³/mol. The van der Waals surface area contributed by atoms with E-state index in [0.29, 0.717) is 6.61 Å². The lowest BCUT2D eigenvalue weighted by Crippen LogP contribution is -2.52. The number of hydrogen-bond acceptors (Lipinski definition) is 2. The summed E-state index contributed by atoms with van der Waals surface area (Å²) >= 11 is 0. The van der Waals surface area contributed by atoms with Gasteiger partial charge in [-0.05, 0) is 17.8 Å². The van der Waals surface area contributed by atoms with Crippen molar-refractivity contribution in [1.29, 1.82) is 0 Å². The van der Waals surface area contributed by atoms with Gasteiger partial charge in [0.05, 0.1) is 6.61 Å². The van der Waals surface area contributed by atoms with Crippen LogP contribution in [0.4, 0.5) is 4.79 Å². The third kappa shape index (κ3) is 4.03. The molecule has 3 nitrogen and oxygen atoms in total. The fourth-order valence-corrected chi connectivity index (χ4v) is 2.79. The number of hydrogen-bond donors (Lipinski definition) is 0. The Balaban J connectivity index is 5.00. The molecule has 0 aliphatic rings. The molecule has 96 valence electrons. The van der Waals surface area contributed by atoms with Crippen LogP contribution in [0.1, 0.15) is 48.5 Å². The Hall–Kier alpha value is -0.730. The van der Waals surface area contributed by atoms with E-state index in [1.807, 2.05) is 14.0 Å². The number of amides is 1. The van der Waals surface area contributed by atoms with Crippen LogP contribution in [0.2, 0.25) is 0 Å². The van der Waals surface area contributed by atoms with Crippen LogP contribution in [0.3, 0.4) is 0 Å². The highest BCUT2D eigenvalue weighted by atomic mass is 16.6. The molecule has 0 aromatic heterocycles. The molecule has 0 aliphatic heterocycles. The number of carbonyl (C=O) groups excluding carboxylic acids is 1. The highest BCUT2D eigenvalue weighted by Crippen LogP contribution is 2.37. The van der Waals surface area contributed by atoms with Gasteiger partial charge in [0.25, 0.3) is 0 Å². The van der Waals surface area contributed by atoms with Crippen LogP contribution in [0.5, 0.6) is 0 Å². The number of nitrogens with zero attached hydrogens (tertiary/aromatic N) is 1. The third-order valence-electron chi connectivity index (χ3n) is 2.58. The molecular weight excluding hydrogens is 202 g/mol. The summed E-state index contributed by atoms with van der Waals surface area (Å²) in [6.45, 7) is 15.2. The van der Waals surface area contributed by atoms with E-state index in [4.69, 9.17) is 4.74 Å². The summed E-state index contributed by atoms with van der Waals surface area (Å²) in [5.74, 6) is 0. The molecule has 0 N–H and O–H groups in total. The Bertz CT molecular complexity index is 221. The van der Waals surface area contributed by atoms with Crippen molar-refractivity contribution in [3.05, 3.63) is 0 Å². The topological polar surface area (TPSA) is 29.5 Å². The highest BCUT2D eigenvalue weighted by Gasteiger charge is 2.40. The van der Waals surface area contributed by atoms with E-state index in [1.54, 1.807) is 4.90 Å². The van der Waals surface area contributed by atoms with Crippen molar-refractivity contribution in [3.8, 4) is 0 Å². The summed E-state index contributed by atoms with van der Waals surface area (Å²) in [6, 6.07) is 0.138. The van der Waals surface area contributed by atoms with Crippen LogP contribution in [0, 0.1) is 10.8 Å². The monoisotopic (exact) mass is 229 g/mol. The SMILES string of the molecule is CCOC(=O)N(C)C(C(C)(C)C)C(C)(C)C. The van der Waals surface area contributed by atoms with Gasteiger partial charge in [-0.3, -0.25) is 0 Å². The minimum atomic E-state index is -0.239. The Labute approximate surface area is 100 Å². The standard InChI is InChI=1S/C13H27NO2/c1-9-16-11(15)14(8)10(12(2,3)4)13(5,6)7/h10H,9H2,1-8H3. The first-order valence-corrected chi connectivity index (χ1v) is 5.91. The molecule has 0 fully saturated rings. The van der Waals surface area contributed by atoms with Gasteiger partial charge < -0.3 is 9.64 Å². The maximum Gasteiger partial charge on any atom is 0.409 e. The minimum absolute atomic E-state index is 0.0275. The van der Waals surface area contributed by atoms with Gasteiger partial charge >= 0.3 is 6.09 Å². The first-order valence-electron chi connectivity index (χ1n) is 5.91. The van der Waals surface area contributed by atoms with Crippen LogP contribution in [-0.4, -0.2) is 30.7 Å². The molecule has 0 spiro atoms. The molecule has 0 atom stereocenters. The van der Waals surface area contributed by atoms with Crippen LogP contribution in [0.25, 0.3) is 0 Å². The van der Waals surface area contributed by atoms with Crippen molar-refractivity contribution in [2.45, 2.75) is 54.5 Å². The Morgan fingerprint density at radius 3 is 1.75 bits per heavy atom. The zero-order valence-corrected chi connectivity index (χ0v) is 12.0. The smallest absolute Gasteiger partial charge is 0.409 e. The lowest BCUT2D eigenvalue weighted by Gasteiger charge is -2.45. The largest absolute Gasteiger partial charge is 0.450 e. The fourth-order valence-electron chi connectivity index (χ4n) is 2.79. The average Bonchev–Trinajstić information content (AvgIpc) is 1.98. The molecule has 0 unspecified atom stereocenters. The number of carbonyl (C=O) groups is 1. The number of ether oxygens (including phenoxy) is 1. The normalized spacial score (nSPS) is 12.8. The van der Waals surface area contributed by atoms with Gasteiger partial charge in [0.1, 0.15) is 0 Å². The molecule has 0 aliphatic carbocycles. The van der Waals surface area contributed by atoms with Gasteiger partial charge in [-0.15, -0.1) is 0 Å². The van der Waals surface area contributed by atoms with Crippen molar-refractivity contribution in [2.24, 2.45) is 10.8 Å². The van der Waals surface area contributed by atoms with Crippen molar-refractivity contribution < 1.29 is 9.53 Å². The van der Waals surface area contributed by atoms with Gasteiger partial charge in [-0.2, -0.15) is 0 Å². The highest BCUT2D eigenvalue weighted by molar-refractivity contribution is 5.67. The fraction of sp³-hybridized carbons (Fsp3) is 0.923. The van der Waals surface area contributed by atoms with Crippen LogP contribution in [-0.2, 0) is 4.74 Å². The second kappa shape index (κ2) is 5.07. The van der Waals surface area contributed by atoms with Crippen molar-refractivity contribution >= 4 is 6.09 Å². The van der Waals surface area contributed by atoms with Gasteiger partial charge in [0.15, 0.2) is 0 Å². The first-order chi connectivity index (χ1) is 7.01. The Kier molecular flexibility index (Phi) is 4.84. The van der Waals surface area contributed by atoms with Crippen LogP contribution in [0.15, 0.2) is 0 Å². The van der Waals surface area contributed by atoms with E-state index < -0.39 is 0 Å². The molecule has 1 amide bonds. The maximum atomic E-state index is 11.8. The van der Waals surface area contributed by atoms with E-state index in [1.165, 1.54) is 0 Å². The average molecular weight is 229 g/mol. The molecule has 0 heterocycles. The molecular formula is C13H27NO2. The lowest BCUT2D eigenvalue weighted by atomic mass is 9.71. The van der Waals surface area contributed by atoms with Crippen molar-refractivity contribution in [3.63, 3.8) is 0 Å². The van der Waals surface area contributed by atoms with Crippen LogP contribution >= 0.6 is 0 Å². The van der Waals surface area contributed by atoms with E-state index >= 15 is 0 Å².